The Morgan fingerprint density at radius 2 is 0.875 bits per heavy atom. The molecule has 1 aliphatic rings. The van der Waals surface area contributed by atoms with Gasteiger partial charge in [0.25, 0.3) is 0 Å². The summed E-state index contributed by atoms with van der Waals surface area (Å²) in [4.78, 5) is 15.4. The van der Waals surface area contributed by atoms with Gasteiger partial charge in [-0.05, 0) is 90.9 Å². The van der Waals surface area contributed by atoms with E-state index < -0.39 is 0 Å². The van der Waals surface area contributed by atoms with Crippen LogP contribution in [0.3, 0.4) is 0 Å². The van der Waals surface area contributed by atoms with E-state index in [9.17, 15) is 0 Å². The van der Waals surface area contributed by atoms with E-state index in [1.807, 2.05) is 36.4 Å². The quantitative estimate of drug-likeness (QED) is 0.172. The molecule has 0 saturated heterocycles. The molecule has 1 aliphatic carbocycles. The summed E-state index contributed by atoms with van der Waals surface area (Å²) in [6, 6.07) is 62.3. The number of rotatable bonds is 6. The molecule has 0 fully saturated rings. The first-order valence-corrected chi connectivity index (χ1v) is 19.5. The Kier molecular flexibility index (Phi) is 7.69. The number of benzene rings is 7. The van der Waals surface area contributed by atoms with Crippen LogP contribution in [0.25, 0.3) is 89.4 Å². The summed E-state index contributed by atoms with van der Waals surface area (Å²) < 4.78 is 4.98. The molecule has 0 amide bonds. The Labute approximate surface area is 325 Å². The number of fused-ring (bicyclic) bond motifs is 7. The molecule has 0 N–H and O–H groups in total. The molecule has 56 heavy (non-hydrogen) atoms. The van der Waals surface area contributed by atoms with E-state index >= 15 is 0 Å². The van der Waals surface area contributed by atoms with Crippen molar-refractivity contribution >= 4 is 32.7 Å². The minimum absolute atomic E-state index is 0.649. The first-order valence-electron chi connectivity index (χ1n) is 19.5. The number of hydrogen-bond donors (Lipinski definition) is 0. The van der Waals surface area contributed by atoms with Crippen molar-refractivity contribution in [3.8, 4) is 56.7 Å². The van der Waals surface area contributed by atoms with E-state index in [4.69, 9.17) is 15.0 Å². The molecule has 10 aromatic rings. The minimum Gasteiger partial charge on any atom is -0.313 e. The molecule has 11 rings (SSSR count). The van der Waals surface area contributed by atoms with Crippen LogP contribution in [0.5, 0.6) is 0 Å². The molecule has 0 bridgehead atoms. The van der Waals surface area contributed by atoms with Gasteiger partial charge in [-0.3, -0.25) is 0 Å². The van der Waals surface area contributed by atoms with Crippen LogP contribution in [0.2, 0.25) is 0 Å². The van der Waals surface area contributed by atoms with Crippen molar-refractivity contribution in [2.75, 3.05) is 0 Å². The average molecular weight is 720 g/mol. The van der Waals surface area contributed by atoms with Crippen molar-refractivity contribution in [3.63, 3.8) is 0 Å². The molecule has 5 heteroatoms. The van der Waals surface area contributed by atoms with Crippen molar-refractivity contribution in [1.82, 2.24) is 24.1 Å². The summed E-state index contributed by atoms with van der Waals surface area (Å²) in [5.41, 5.74) is 14.0. The molecular weight excluding hydrogens is 683 g/mol. The van der Waals surface area contributed by atoms with Crippen LogP contribution in [0, 0.1) is 0 Å². The van der Waals surface area contributed by atoms with Gasteiger partial charge in [0, 0.05) is 49.9 Å². The summed E-state index contributed by atoms with van der Waals surface area (Å²) in [7, 11) is 0. The lowest BCUT2D eigenvalue weighted by molar-refractivity contribution is 0.667. The second-order valence-electron chi connectivity index (χ2n) is 14.7. The van der Waals surface area contributed by atoms with Crippen molar-refractivity contribution in [3.05, 3.63) is 187 Å². The maximum atomic E-state index is 5.18. The van der Waals surface area contributed by atoms with Crippen LogP contribution in [0.15, 0.2) is 176 Å². The lowest BCUT2D eigenvalue weighted by Gasteiger charge is -2.18. The Hall–Kier alpha value is -7.11. The third kappa shape index (κ3) is 5.35. The molecular formula is C51H37N5. The van der Waals surface area contributed by atoms with Crippen LogP contribution in [-0.4, -0.2) is 24.1 Å². The van der Waals surface area contributed by atoms with Crippen molar-refractivity contribution in [1.29, 1.82) is 0 Å². The molecule has 3 heterocycles. The van der Waals surface area contributed by atoms with E-state index in [-0.39, 0.29) is 0 Å². The van der Waals surface area contributed by atoms with E-state index in [1.54, 1.807) is 0 Å². The normalized spacial score (nSPS) is 12.7. The Balaban J connectivity index is 1.20. The zero-order valence-corrected chi connectivity index (χ0v) is 30.8. The number of nitrogens with zero attached hydrogens (tertiary/aromatic N) is 5. The second-order valence-corrected chi connectivity index (χ2v) is 14.7. The minimum atomic E-state index is 0.649. The van der Waals surface area contributed by atoms with Gasteiger partial charge in [0.2, 0.25) is 0 Å². The number of para-hydroxylation sites is 2. The highest BCUT2D eigenvalue weighted by Crippen LogP contribution is 2.44. The highest BCUT2D eigenvalue weighted by Gasteiger charge is 2.26. The maximum Gasteiger partial charge on any atom is 0.164 e. The third-order valence-corrected chi connectivity index (χ3v) is 11.3. The van der Waals surface area contributed by atoms with Gasteiger partial charge in [-0.25, -0.2) is 15.0 Å². The Morgan fingerprint density at radius 3 is 1.54 bits per heavy atom. The number of aryl methyl sites for hydroxylation is 1. The van der Waals surface area contributed by atoms with Gasteiger partial charge < -0.3 is 9.13 Å². The van der Waals surface area contributed by atoms with Crippen molar-refractivity contribution in [2.45, 2.75) is 25.7 Å². The standard InChI is InChI=1S/C51H37N5/c1-5-17-34(18-6-1)37-31-38(51-53-49(35-19-7-2-8-20-35)52-50(54-51)36-21-9-3-10-22-36)33-40(32-37)56-44-28-16-14-26-42(44)48-46(56)30-29-45-47(48)41-25-13-15-27-43(41)55(45)39-23-11-4-12-24-39/h1-13,15,17-25,27,29-33H,14,16,26,28H2. The molecule has 0 radical (unpaired) electrons. The van der Waals surface area contributed by atoms with Crippen molar-refractivity contribution in [2.24, 2.45) is 0 Å². The molecule has 3 aromatic heterocycles. The van der Waals surface area contributed by atoms with Gasteiger partial charge in [0.1, 0.15) is 0 Å². The largest absolute Gasteiger partial charge is 0.313 e. The highest BCUT2D eigenvalue weighted by molar-refractivity contribution is 6.22. The molecule has 0 saturated carbocycles. The van der Waals surface area contributed by atoms with Crippen LogP contribution >= 0.6 is 0 Å². The SMILES string of the molecule is c1ccc(-c2cc(-c3nc(-c4ccccc4)nc(-c4ccccc4)n3)cc(-n3c4c(c5c6c7ccccc7n(-c7ccccc7)c6ccc53)CCCC4)c2)cc1. The first-order chi connectivity index (χ1) is 27.8. The zero-order chi connectivity index (χ0) is 37.0. The van der Waals surface area contributed by atoms with Gasteiger partial charge in [-0.2, -0.15) is 0 Å². The number of aromatic nitrogens is 5. The molecule has 266 valence electrons. The average Bonchev–Trinajstić information content (AvgIpc) is 3.80. The first kappa shape index (κ1) is 32.3. The smallest absolute Gasteiger partial charge is 0.164 e. The van der Waals surface area contributed by atoms with E-state index in [0.29, 0.717) is 17.5 Å². The lowest BCUT2D eigenvalue weighted by atomic mass is 9.93. The van der Waals surface area contributed by atoms with Crippen LogP contribution in [0.1, 0.15) is 24.1 Å². The predicted molar refractivity (Wildman–Crippen MR) is 229 cm³/mol. The monoisotopic (exact) mass is 719 g/mol. The summed E-state index contributed by atoms with van der Waals surface area (Å²) >= 11 is 0. The van der Waals surface area contributed by atoms with Crippen molar-refractivity contribution < 1.29 is 0 Å². The molecule has 0 unspecified atom stereocenters. The van der Waals surface area contributed by atoms with E-state index in [1.165, 1.54) is 56.1 Å². The summed E-state index contributed by atoms with van der Waals surface area (Å²) in [5, 5.41) is 3.98. The van der Waals surface area contributed by atoms with Gasteiger partial charge in [0.05, 0.1) is 16.6 Å². The maximum absolute atomic E-state index is 5.18. The Bertz CT molecular complexity index is 3000. The lowest BCUT2D eigenvalue weighted by Crippen LogP contribution is -2.07. The highest BCUT2D eigenvalue weighted by atomic mass is 15.0. The summed E-state index contributed by atoms with van der Waals surface area (Å²) in [6.07, 6.45) is 4.43. The van der Waals surface area contributed by atoms with Gasteiger partial charge in [-0.15, -0.1) is 0 Å². The third-order valence-electron chi connectivity index (χ3n) is 11.3. The summed E-state index contributed by atoms with van der Waals surface area (Å²) in [5.74, 6) is 1.96. The number of hydrogen-bond acceptors (Lipinski definition) is 3. The fourth-order valence-electron chi connectivity index (χ4n) is 8.85. The Morgan fingerprint density at radius 1 is 0.357 bits per heavy atom. The summed E-state index contributed by atoms with van der Waals surface area (Å²) in [6.45, 7) is 0. The van der Waals surface area contributed by atoms with Gasteiger partial charge >= 0.3 is 0 Å². The fraction of sp³-hybridized carbons (Fsp3) is 0.0784. The second kappa shape index (κ2) is 13.3. The van der Waals surface area contributed by atoms with E-state index in [2.05, 4.69) is 149 Å². The topological polar surface area (TPSA) is 48.5 Å². The molecule has 5 nitrogen and oxygen atoms in total. The fourth-order valence-corrected chi connectivity index (χ4v) is 8.85. The van der Waals surface area contributed by atoms with Crippen LogP contribution < -0.4 is 0 Å². The predicted octanol–water partition coefficient (Wildman–Crippen LogP) is 12.5. The van der Waals surface area contributed by atoms with Gasteiger partial charge in [0.15, 0.2) is 17.5 Å². The molecule has 0 atom stereocenters. The zero-order valence-electron chi connectivity index (χ0n) is 30.8. The van der Waals surface area contributed by atoms with Crippen LogP contribution in [0.4, 0.5) is 0 Å². The van der Waals surface area contributed by atoms with Crippen LogP contribution in [-0.2, 0) is 12.8 Å². The molecule has 0 spiro atoms. The van der Waals surface area contributed by atoms with Gasteiger partial charge in [-0.1, -0.05) is 127 Å². The molecule has 7 aromatic carbocycles. The van der Waals surface area contributed by atoms with E-state index in [0.717, 1.165) is 52.8 Å². The molecule has 0 aliphatic heterocycles.